The van der Waals surface area contributed by atoms with E-state index in [1.165, 1.54) is 18.4 Å². The summed E-state index contributed by atoms with van der Waals surface area (Å²) in [6, 6.07) is 7.62. The summed E-state index contributed by atoms with van der Waals surface area (Å²) in [6.07, 6.45) is 1.49. The van der Waals surface area contributed by atoms with Gasteiger partial charge in [0.2, 0.25) is 0 Å². The highest BCUT2D eigenvalue weighted by molar-refractivity contribution is 5.91. The number of nitrogens with zero attached hydrogens (tertiary/aromatic N) is 3. The van der Waals surface area contributed by atoms with Gasteiger partial charge in [-0.2, -0.15) is 0 Å². The van der Waals surface area contributed by atoms with Gasteiger partial charge in [-0.25, -0.2) is 4.39 Å². The smallest absolute Gasteiger partial charge is 0.289 e. The van der Waals surface area contributed by atoms with Crippen molar-refractivity contribution in [1.82, 2.24) is 15.1 Å². The van der Waals surface area contributed by atoms with Crippen molar-refractivity contribution in [2.24, 2.45) is 4.99 Å². The molecule has 2 N–H and O–H groups in total. The molecule has 2 heterocycles. The Balaban J connectivity index is 1.53. The van der Waals surface area contributed by atoms with Crippen molar-refractivity contribution >= 4 is 11.9 Å². The quantitative estimate of drug-likeness (QED) is 0.643. The van der Waals surface area contributed by atoms with Crippen molar-refractivity contribution in [3.05, 3.63) is 53.7 Å². The number of phenols is 1. The zero-order valence-corrected chi connectivity index (χ0v) is 14.5. The molecule has 26 heavy (non-hydrogen) atoms. The average Bonchev–Trinajstić information content (AvgIpc) is 3.20. The molecule has 0 spiro atoms. The van der Waals surface area contributed by atoms with Gasteiger partial charge in [-0.3, -0.25) is 9.79 Å². The number of amides is 1. The first-order chi connectivity index (χ1) is 12.6. The van der Waals surface area contributed by atoms with E-state index in [1.807, 2.05) is 4.90 Å². The number of piperazine rings is 1. The molecule has 8 heteroatoms. The summed E-state index contributed by atoms with van der Waals surface area (Å²) in [4.78, 5) is 20.3. The Morgan fingerprint density at radius 2 is 2.00 bits per heavy atom. The maximum Gasteiger partial charge on any atom is 0.289 e. The van der Waals surface area contributed by atoms with Crippen LogP contribution in [0.5, 0.6) is 5.75 Å². The van der Waals surface area contributed by atoms with Gasteiger partial charge in [0.1, 0.15) is 0 Å². The van der Waals surface area contributed by atoms with Crippen LogP contribution in [0.1, 0.15) is 16.1 Å². The summed E-state index contributed by atoms with van der Waals surface area (Å²) in [6.45, 7) is 2.78. The lowest BCUT2D eigenvalue weighted by Gasteiger charge is -2.36. The number of rotatable bonds is 3. The summed E-state index contributed by atoms with van der Waals surface area (Å²) in [5, 5.41) is 12.4. The molecular formula is C18H21FN4O3. The first-order valence-electron chi connectivity index (χ1n) is 8.34. The topological polar surface area (TPSA) is 81.3 Å². The number of phenolic OH excluding ortho intramolecular Hbond substituents is 1. The number of furan rings is 1. The van der Waals surface area contributed by atoms with E-state index < -0.39 is 5.82 Å². The second-order valence-corrected chi connectivity index (χ2v) is 5.94. The van der Waals surface area contributed by atoms with Crippen LogP contribution in [0, 0.1) is 5.82 Å². The normalized spacial score (nSPS) is 15.2. The Kier molecular flexibility index (Phi) is 5.40. The van der Waals surface area contributed by atoms with E-state index in [4.69, 9.17) is 4.42 Å². The summed E-state index contributed by atoms with van der Waals surface area (Å²) in [7, 11) is 1.68. The van der Waals surface area contributed by atoms with Gasteiger partial charge in [-0.05, 0) is 29.8 Å². The fraction of sp³-hybridized carbons (Fsp3) is 0.333. The molecule has 2 aromatic rings. The number of guanidine groups is 1. The van der Waals surface area contributed by atoms with Crippen LogP contribution in [0.25, 0.3) is 0 Å². The van der Waals surface area contributed by atoms with Gasteiger partial charge in [0.15, 0.2) is 23.3 Å². The fourth-order valence-electron chi connectivity index (χ4n) is 2.85. The number of aromatic hydroxyl groups is 1. The number of aliphatic imine (C=N–C) groups is 1. The Labute approximate surface area is 150 Å². The minimum absolute atomic E-state index is 0.114. The van der Waals surface area contributed by atoms with Crippen molar-refractivity contribution in [3.8, 4) is 5.75 Å². The fourth-order valence-corrected chi connectivity index (χ4v) is 2.85. The van der Waals surface area contributed by atoms with Gasteiger partial charge in [-0.15, -0.1) is 0 Å². The van der Waals surface area contributed by atoms with Crippen molar-refractivity contribution in [2.75, 3.05) is 33.2 Å². The summed E-state index contributed by atoms with van der Waals surface area (Å²) in [5.74, 6) is -0.101. The second kappa shape index (κ2) is 7.90. The van der Waals surface area contributed by atoms with E-state index in [0.717, 1.165) is 0 Å². The average molecular weight is 360 g/mol. The Hall–Kier alpha value is -3.03. The first kappa shape index (κ1) is 17.8. The highest BCUT2D eigenvalue weighted by Crippen LogP contribution is 2.16. The third-order valence-electron chi connectivity index (χ3n) is 4.27. The van der Waals surface area contributed by atoms with E-state index in [9.17, 15) is 14.3 Å². The number of nitrogens with one attached hydrogen (secondary N) is 1. The minimum Gasteiger partial charge on any atom is -0.505 e. The molecule has 0 atom stereocenters. The Morgan fingerprint density at radius 1 is 1.27 bits per heavy atom. The highest BCUT2D eigenvalue weighted by Gasteiger charge is 2.25. The van der Waals surface area contributed by atoms with Crippen LogP contribution in [-0.4, -0.2) is 60.0 Å². The zero-order valence-electron chi connectivity index (χ0n) is 14.5. The Bertz CT molecular complexity index is 784. The molecule has 1 aliphatic heterocycles. The van der Waals surface area contributed by atoms with Gasteiger partial charge < -0.3 is 24.6 Å². The molecule has 7 nitrogen and oxygen atoms in total. The largest absolute Gasteiger partial charge is 0.505 e. The molecule has 0 bridgehead atoms. The van der Waals surface area contributed by atoms with Crippen LogP contribution in [0.15, 0.2) is 46.0 Å². The van der Waals surface area contributed by atoms with Crippen molar-refractivity contribution in [2.45, 2.75) is 6.54 Å². The van der Waals surface area contributed by atoms with Gasteiger partial charge in [0.25, 0.3) is 5.91 Å². The standard InChI is InChI=1S/C18H21FN4O3/c1-20-18(21-12-13-4-5-15(24)14(19)11-13)23-8-6-22(7-9-23)17(25)16-3-2-10-26-16/h2-5,10-11,24H,6-9,12H2,1H3,(H,20,21). The lowest BCUT2D eigenvalue weighted by molar-refractivity contribution is 0.0657. The van der Waals surface area contributed by atoms with E-state index in [2.05, 4.69) is 10.3 Å². The number of hydrogen-bond acceptors (Lipinski definition) is 4. The van der Waals surface area contributed by atoms with Gasteiger partial charge in [0, 0.05) is 39.8 Å². The molecule has 0 radical (unpaired) electrons. The number of halogens is 1. The zero-order chi connectivity index (χ0) is 18.5. The molecule has 1 aliphatic rings. The van der Waals surface area contributed by atoms with E-state index in [-0.39, 0.29) is 11.7 Å². The lowest BCUT2D eigenvalue weighted by atomic mass is 10.2. The van der Waals surface area contributed by atoms with Crippen molar-refractivity contribution in [3.63, 3.8) is 0 Å². The second-order valence-electron chi connectivity index (χ2n) is 5.94. The molecule has 0 aliphatic carbocycles. The number of benzene rings is 1. The number of hydrogen-bond donors (Lipinski definition) is 2. The third kappa shape index (κ3) is 3.96. The molecule has 138 valence electrons. The van der Waals surface area contributed by atoms with Crippen LogP contribution in [0.2, 0.25) is 0 Å². The molecule has 1 aromatic carbocycles. The number of carbonyl (C=O) groups excluding carboxylic acids is 1. The first-order valence-corrected chi connectivity index (χ1v) is 8.34. The summed E-state index contributed by atoms with van der Waals surface area (Å²) >= 11 is 0. The summed E-state index contributed by atoms with van der Waals surface area (Å²) in [5.41, 5.74) is 0.702. The van der Waals surface area contributed by atoms with Crippen LogP contribution in [0.4, 0.5) is 4.39 Å². The van der Waals surface area contributed by atoms with E-state index in [1.54, 1.807) is 30.1 Å². The monoisotopic (exact) mass is 360 g/mol. The molecule has 3 rings (SSSR count). The van der Waals surface area contributed by atoms with Crippen LogP contribution < -0.4 is 5.32 Å². The van der Waals surface area contributed by atoms with Crippen molar-refractivity contribution in [1.29, 1.82) is 0 Å². The SMILES string of the molecule is CN=C(NCc1ccc(O)c(F)c1)N1CCN(C(=O)c2ccco2)CC1. The third-order valence-corrected chi connectivity index (χ3v) is 4.27. The molecular weight excluding hydrogens is 339 g/mol. The Morgan fingerprint density at radius 3 is 2.62 bits per heavy atom. The predicted molar refractivity (Wildman–Crippen MR) is 94.4 cm³/mol. The van der Waals surface area contributed by atoms with Crippen LogP contribution in [0.3, 0.4) is 0 Å². The molecule has 0 saturated carbocycles. The summed E-state index contributed by atoms with van der Waals surface area (Å²) < 4.78 is 18.6. The molecule has 0 unspecified atom stereocenters. The van der Waals surface area contributed by atoms with E-state index in [0.29, 0.717) is 50.0 Å². The lowest BCUT2D eigenvalue weighted by Crippen LogP contribution is -2.53. The highest BCUT2D eigenvalue weighted by atomic mass is 19.1. The van der Waals surface area contributed by atoms with Crippen LogP contribution >= 0.6 is 0 Å². The van der Waals surface area contributed by atoms with Crippen molar-refractivity contribution < 1.29 is 18.7 Å². The maximum atomic E-state index is 13.4. The van der Waals surface area contributed by atoms with Gasteiger partial charge in [-0.1, -0.05) is 6.07 Å². The van der Waals surface area contributed by atoms with E-state index >= 15 is 0 Å². The maximum absolute atomic E-state index is 13.4. The van der Waals surface area contributed by atoms with Crippen LogP contribution in [-0.2, 0) is 6.54 Å². The van der Waals surface area contributed by atoms with Gasteiger partial charge in [0.05, 0.1) is 6.26 Å². The molecule has 1 aromatic heterocycles. The predicted octanol–water partition coefficient (Wildman–Crippen LogP) is 1.66. The van der Waals surface area contributed by atoms with Gasteiger partial charge >= 0.3 is 0 Å². The number of carbonyl (C=O) groups is 1. The molecule has 1 saturated heterocycles. The minimum atomic E-state index is -0.649. The molecule has 1 amide bonds. The molecule has 1 fully saturated rings.